The molecular formula is C15H24N2O2. The van der Waals surface area contributed by atoms with Crippen LogP contribution in [-0.4, -0.2) is 25.7 Å². The van der Waals surface area contributed by atoms with Crippen LogP contribution in [0.1, 0.15) is 36.2 Å². The smallest absolute Gasteiger partial charge is 0.251 e. The number of hydrogen-bond acceptors (Lipinski definition) is 3. The molecule has 0 unspecified atom stereocenters. The Balaban J connectivity index is 2.28. The van der Waals surface area contributed by atoms with Crippen molar-refractivity contribution >= 4 is 11.6 Å². The summed E-state index contributed by atoms with van der Waals surface area (Å²) in [6, 6.07) is 5.29. The lowest BCUT2D eigenvalue weighted by atomic mass is 10.1. The molecule has 0 heterocycles. The van der Waals surface area contributed by atoms with E-state index in [0.717, 1.165) is 18.6 Å². The van der Waals surface area contributed by atoms with E-state index in [2.05, 4.69) is 19.2 Å². The Bertz CT molecular complexity index is 417. The molecule has 0 atom stereocenters. The highest BCUT2D eigenvalue weighted by atomic mass is 16.5. The number of benzene rings is 1. The summed E-state index contributed by atoms with van der Waals surface area (Å²) in [6.45, 7) is 8.02. The lowest BCUT2D eigenvalue weighted by molar-refractivity contribution is 0.0905. The molecule has 1 aromatic rings. The lowest BCUT2D eigenvalue weighted by Crippen LogP contribution is -2.28. The fourth-order valence-corrected chi connectivity index (χ4v) is 1.69. The van der Waals surface area contributed by atoms with Crippen LogP contribution >= 0.6 is 0 Å². The van der Waals surface area contributed by atoms with Gasteiger partial charge in [-0.15, -0.1) is 0 Å². The molecule has 0 bridgehead atoms. The summed E-state index contributed by atoms with van der Waals surface area (Å²) >= 11 is 0. The molecule has 0 fully saturated rings. The average Bonchev–Trinajstić information content (AvgIpc) is 2.32. The molecule has 3 N–H and O–H groups in total. The molecule has 19 heavy (non-hydrogen) atoms. The first-order chi connectivity index (χ1) is 9.00. The molecule has 1 aromatic carbocycles. The lowest BCUT2D eigenvalue weighted by Gasteiger charge is -2.09. The zero-order valence-electron chi connectivity index (χ0n) is 12.0. The number of carbonyl (C=O) groups is 1. The number of carbonyl (C=O) groups excluding carboxylic acids is 1. The van der Waals surface area contributed by atoms with Gasteiger partial charge in [-0.1, -0.05) is 13.8 Å². The second-order valence-corrected chi connectivity index (χ2v) is 5.13. The van der Waals surface area contributed by atoms with Gasteiger partial charge >= 0.3 is 0 Å². The first-order valence-electron chi connectivity index (χ1n) is 6.72. The van der Waals surface area contributed by atoms with Crippen molar-refractivity contribution in [1.29, 1.82) is 0 Å². The van der Waals surface area contributed by atoms with Crippen LogP contribution in [0.4, 0.5) is 5.69 Å². The van der Waals surface area contributed by atoms with Gasteiger partial charge in [0.1, 0.15) is 0 Å². The molecule has 0 aliphatic heterocycles. The van der Waals surface area contributed by atoms with Gasteiger partial charge in [-0.2, -0.15) is 0 Å². The van der Waals surface area contributed by atoms with Gasteiger partial charge in [-0.25, -0.2) is 0 Å². The summed E-state index contributed by atoms with van der Waals surface area (Å²) in [5.74, 6) is 0.567. The highest BCUT2D eigenvalue weighted by molar-refractivity contribution is 5.95. The molecule has 4 heteroatoms. The van der Waals surface area contributed by atoms with E-state index in [4.69, 9.17) is 10.5 Å². The zero-order chi connectivity index (χ0) is 14.3. The summed E-state index contributed by atoms with van der Waals surface area (Å²) in [6.07, 6.45) is 1.05. The van der Waals surface area contributed by atoms with E-state index >= 15 is 0 Å². The predicted octanol–water partition coefficient (Wildman–Crippen LogP) is 2.37. The van der Waals surface area contributed by atoms with E-state index < -0.39 is 0 Å². The third kappa shape index (κ3) is 5.75. The maximum atomic E-state index is 11.9. The minimum atomic E-state index is -0.0787. The van der Waals surface area contributed by atoms with Gasteiger partial charge in [-0.05, 0) is 43.0 Å². The van der Waals surface area contributed by atoms with E-state index in [0.29, 0.717) is 30.3 Å². The Hall–Kier alpha value is -1.55. The van der Waals surface area contributed by atoms with E-state index in [1.165, 1.54) is 0 Å². The molecule has 106 valence electrons. The number of anilines is 1. The van der Waals surface area contributed by atoms with Gasteiger partial charge in [0.25, 0.3) is 5.91 Å². The molecule has 0 aromatic heterocycles. The standard InChI is InChI=1S/C15H24N2O2/c1-11(2)6-8-19-9-7-17-15(18)14-5-4-13(16)10-12(14)3/h4-5,10-11H,6-9,16H2,1-3H3,(H,17,18). The molecule has 4 nitrogen and oxygen atoms in total. The van der Waals surface area contributed by atoms with Crippen LogP contribution in [0, 0.1) is 12.8 Å². The highest BCUT2D eigenvalue weighted by Crippen LogP contribution is 2.12. The van der Waals surface area contributed by atoms with Crippen molar-refractivity contribution in [3.8, 4) is 0 Å². The van der Waals surface area contributed by atoms with Crippen molar-refractivity contribution < 1.29 is 9.53 Å². The Morgan fingerprint density at radius 3 is 2.74 bits per heavy atom. The molecule has 0 saturated heterocycles. The highest BCUT2D eigenvalue weighted by Gasteiger charge is 2.08. The van der Waals surface area contributed by atoms with Crippen LogP contribution in [0.2, 0.25) is 0 Å². The Kier molecular flexibility index (Phi) is 6.36. The molecule has 0 aliphatic carbocycles. The van der Waals surface area contributed by atoms with Crippen LogP contribution in [-0.2, 0) is 4.74 Å². The zero-order valence-corrected chi connectivity index (χ0v) is 12.0. The van der Waals surface area contributed by atoms with Gasteiger partial charge in [-0.3, -0.25) is 4.79 Å². The summed E-state index contributed by atoms with van der Waals surface area (Å²) < 4.78 is 5.45. The van der Waals surface area contributed by atoms with Crippen LogP contribution in [0.5, 0.6) is 0 Å². The fourth-order valence-electron chi connectivity index (χ4n) is 1.69. The van der Waals surface area contributed by atoms with Crippen molar-refractivity contribution in [3.05, 3.63) is 29.3 Å². The molecule has 0 aliphatic rings. The number of rotatable bonds is 7. The van der Waals surface area contributed by atoms with E-state index in [-0.39, 0.29) is 5.91 Å². The van der Waals surface area contributed by atoms with Crippen LogP contribution in [0.15, 0.2) is 18.2 Å². The molecule has 1 rings (SSSR count). The first kappa shape index (κ1) is 15.5. The number of nitrogen functional groups attached to an aromatic ring is 1. The van der Waals surface area contributed by atoms with Crippen molar-refractivity contribution in [3.63, 3.8) is 0 Å². The third-order valence-electron chi connectivity index (χ3n) is 2.87. The Labute approximate surface area is 115 Å². The number of nitrogens with one attached hydrogen (secondary N) is 1. The normalized spacial score (nSPS) is 10.7. The number of amides is 1. The number of aryl methyl sites for hydroxylation is 1. The number of ether oxygens (including phenoxy) is 1. The maximum Gasteiger partial charge on any atom is 0.251 e. The summed E-state index contributed by atoms with van der Waals surface area (Å²) in [7, 11) is 0. The SMILES string of the molecule is Cc1cc(N)ccc1C(=O)NCCOCCC(C)C. The Morgan fingerprint density at radius 1 is 1.37 bits per heavy atom. The van der Waals surface area contributed by atoms with Gasteiger partial charge in [0, 0.05) is 24.4 Å². The van der Waals surface area contributed by atoms with E-state index in [9.17, 15) is 4.79 Å². The van der Waals surface area contributed by atoms with Gasteiger partial charge in [0.05, 0.1) is 6.61 Å². The van der Waals surface area contributed by atoms with Crippen molar-refractivity contribution in [2.45, 2.75) is 27.2 Å². The molecule has 0 radical (unpaired) electrons. The predicted molar refractivity (Wildman–Crippen MR) is 78.2 cm³/mol. The van der Waals surface area contributed by atoms with Gasteiger partial charge in [0.2, 0.25) is 0 Å². The van der Waals surface area contributed by atoms with Gasteiger partial charge in [0.15, 0.2) is 0 Å². The van der Waals surface area contributed by atoms with Crippen LogP contribution in [0.25, 0.3) is 0 Å². The fraction of sp³-hybridized carbons (Fsp3) is 0.533. The van der Waals surface area contributed by atoms with Gasteiger partial charge < -0.3 is 15.8 Å². The summed E-state index contributed by atoms with van der Waals surface area (Å²) in [5.41, 5.74) is 7.88. The van der Waals surface area contributed by atoms with Crippen LogP contribution in [0.3, 0.4) is 0 Å². The Morgan fingerprint density at radius 2 is 2.11 bits per heavy atom. The summed E-state index contributed by atoms with van der Waals surface area (Å²) in [4.78, 5) is 11.9. The monoisotopic (exact) mass is 264 g/mol. The largest absolute Gasteiger partial charge is 0.399 e. The van der Waals surface area contributed by atoms with E-state index in [1.807, 2.05) is 6.92 Å². The molecule has 1 amide bonds. The molecule has 0 spiro atoms. The average molecular weight is 264 g/mol. The molecular weight excluding hydrogens is 240 g/mol. The second kappa shape index (κ2) is 7.79. The quantitative estimate of drug-likeness (QED) is 0.587. The van der Waals surface area contributed by atoms with Crippen LogP contribution < -0.4 is 11.1 Å². The van der Waals surface area contributed by atoms with E-state index in [1.54, 1.807) is 18.2 Å². The maximum absolute atomic E-state index is 11.9. The minimum absolute atomic E-state index is 0.0787. The minimum Gasteiger partial charge on any atom is -0.399 e. The second-order valence-electron chi connectivity index (χ2n) is 5.13. The first-order valence-corrected chi connectivity index (χ1v) is 6.72. The third-order valence-corrected chi connectivity index (χ3v) is 2.87. The van der Waals surface area contributed by atoms with Crippen molar-refractivity contribution in [2.75, 3.05) is 25.5 Å². The molecule has 0 saturated carbocycles. The van der Waals surface area contributed by atoms with Crippen molar-refractivity contribution in [2.24, 2.45) is 5.92 Å². The number of hydrogen-bond donors (Lipinski definition) is 2. The topological polar surface area (TPSA) is 64.4 Å². The number of nitrogens with two attached hydrogens (primary N) is 1. The van der Waals surface area contributed by atoms with Crippen molar-refractivity contribution in [1.82, 2.24) is 5.32 Å². The summed E-state index contributed by atoms with van der Waals surface area (Å²) in [5, 5.41) is 2.84.